The van der Waals surface area contributed by atoms with E-state index in [0.29, 0.717) is 5.57 Å². The molecule has 0 aromatic heterocycles. The molecule has 152 valence electrons. The lowest BCUT2D eigenvalue weighted by Crippen LogP contribution is -2.23. The monoisotopic (exact) mass is 412 g/mol. The van der Waals surface area contributed by atoms with Gasteiger partial charge in [0.2, 0.25) is 10.0 Å². The van der Waals surface area contributed by atoms with E-state index in [0.717, 1.165) is 53.8 Å². The summed E-state index contributed by atoms with van der Waals surface area (Å²) in [6.07, 6.45) is 3.96. The molecule has 0 spiro atoms. The number of likely N-dealkylation sites (N-methyl/N-ethyl adjacent to an activating group) is 1. The number of anilines is 1. The van der Waals surface area contributed by atoms with Gasteiger partial charge in [-0.2, -0.15) is 0 Å². The van der Waals surface area contributed by atoms with E-state index < -0.39 is 10.0 Å². The second-order valence-electron chi connectivity index (χ2n) is 7.40. The molecule has 1 saturated carbocycles. The molecule has 1 amide bonds. The first-order valence-electron chi connectivity index (χ1n) is 9.68. The minimum Gasteiger partial charge on any atom is -0.497 e. The summed E-state index contributed by atoms with van der Waals surface area (Å²) < 4.78 is 33.5. The van der Waals surface area contributed by atoms with Crippen molar-refractivity contribution in [2.45, 2.75) is 37.1 Å². The summed E-state index contributed by atoms with van der Waals surface area (Å²) in [5.74, 6) is 0.675. The normalized spacial score (nSPS) is 16.5. The molecule has 4 rings (SSSR count). The van der Waals surface area contributed by atoms with E-state index in [2.05, 4.69) is 4.72 Å². The van der Waals surface area contributed by atoms with Crippen LogP contribution in [0.2, 0.25) is 0 Å². The molecule has 0 atom stereocenters. The van der Waals surface area contributed by atoms with E-state index in [1.165, 1.54) is 0 Å². The minimum absolute atomic E-state index is 0.0439. The van der Waals surface area contributed by atoms with Crippen molar-refractivity contribution in [1.29, 1.82) is 0 Å². The molecule has 6 nitrogen and oxygen atoms in total. The van der Waals surface area contributed by atoms with E-state index >= 15 is 0 Å². The van der Waals surface area contributed by atoms with Crippen molar-refractivity contribution in [2.24, 2.45) is 0 Å². The van der Waals surface area contributed by atoms with Crippen molar-refractivity contribution < 1.29 is 17.9 Å². The number of carbonyl (C=O) groups is 1. The zero-order chi connectivity index (χ0) is 20.6. The first-order valence-corrected chi connectivity index (χ1v) is 11.2. The molecule has 1 heterocycles. The Labute approximate surface area is 171 Å². The van der Waals surface area contributed by atoms with Crippen LogP contribution in [0.3, 0.4) is 0 Å². The Bertz CT molecular complexity index is 1080. The average Bonchev–Trinajstić information content (AvgIpc) is 3.34. The Morgan fingerprint density at radius 1 is 1.07 bits per heavy atom. The Kier molecular flexibility index (Phi) is 5.19. The molecule has 29 heavy (non-hydrogen) atoms. The highest BCUT2D eigenvalue weighted by atomic mass is 32.2. The smallest absolute Gasteiger partial charge is 0.258 e. The molecule has 1 N–H and O–H groups in total. The quantitative estimate of drug-likeness (QED) is 0.763. The van der Waals surface area contributed by atoms with E-state index in [1.54, 1.807) is 49.4 Å². The fourth-order valence-corrected chi connectivity index (χ4v) is 5.01. The molecule has 0 bridgehead atoms. The Hall–Kier alpha value is -2.64. The molecular formula is C22H24N2O4S. The topological polar surface area (TPSA) is 75.7 Å². The van der Waals surface area contributed by atoms with Gasteiger partial charge in [-0.15, -0.1) is 0 Å². The summed E-state index contributed by atoms with van der Waals surface area (Å²) in [6.45, 7) is 0.177. The summed E-state index contributed by atoms with van der Waals surface area (Å²) in [7, 11) is -0.389. The van der Waals surface area contributed by atoms with Crippen LogP contribution in [-0.4, -0.2) is 28.5 Å². The third kappa shape index (κ3) is 3.68. The number of nitrogens with zero attached hydrogens (tertiary/aromatic N) is 1. The van der Waals surface area contributed by atoms with Gasteiger partial charge >= 0.3 is 0 Å². The summed E-state index contributed by atoms with van der Waals surface area (Å²) in [5.41, 5.74) is 4.15. The summed E-state index contributed by atoms with van der Waals surface area (Å²) >= 11 is 0. The molecular weight excluding hydrogens is 388 g/mol. The predicted molar refractivity (Wildman–Crippen MR) is 112 cm³/mol. The van der Waals surface area contributed by atoms with Gasteiger partial charge in [0.1, 0.15) is 5.75 Å². The first kappa shape index (κ1) is 19.7. The molecule has 1 fully saturated rings. The second-order valence-corrected chi connectivity index (χ2v) is 9.17. The summed E-state index contributed by atoms with van der Waals surface area (Å²) in [4.78, 5) is 14.5. The number of hydrogen-bond acceptors (Lipinski definition) is 4. The maximum Gasteiger partial charge on any atom is 0.258 e. The number of hydrogen-bond donors (Lipinski definition) is 1. The number of nitrogens with one attached hydrogen (secondary N) is 1. The van der Waals surface area contributed by atoms with E-state index in [9.17, 15) is 13.2 Å². The van der Waals surface area contributed by atoms with E-state index in [-0.39, 0.29) is 17.3 Å². The van der Waals surface area contributed by atoms with Gasteiger partial charge in [-0.3, -0.25) is 4.79 Å². The van der Waals surface area contributed by atoms with Gasteiger partial charge in [0, 0.05) is 24.7 Å². The van der Waals surface area contributed by atoms with Crippen LogP contribution >= 0.6 is 0 Å². The third-order valence-corrected chi connectivity index (χ3v) is 7.01. The molecule has 1 aliphatic carbocycles. The lowest BCUT2D eigenvalue weighted by molar-refractivity contribution is -0.112. The minimum atomic E-state index is -3.71. The molecule has 7 heteroatoms. The standard InChI is InChI=1S/C22H24N2O4S/c1-24-20-12-11-18(13-19(20)21(22(24)25)16-5-3-4-6-16)29(26,27)23-14-15-7-9-17(28-2)10-8-15/h7-13,23H,3-6,14H2,1-2H3. The SMILES string of the molecule is COc1ccc(CNS(=O)(=O)c2ccc3c(c2)C(=C2CCCC2)C(=O)N3C)cc1. The number of sulfonamides is 1. The highest BCUT2D eigenvalue weighted by Gasteiger charge is 2.34. The van der Waals surface area contributed by atoms with Crippen LogP contribution < -0.4 is 14.4 Å². The lowest BCUT2D eigenvalue weighted by Gasteiger charge is -2.11. The number of fused-ring (bicyclic) bond motifs is 1. The Morgan fingerprint density at radius 3 is 2.41 bits per heavy atom. The van der Waals surface area contributed by atoms with Crippen molar-refractivity contribution in [3.8, 4) is 5.75 Å². The van der Waals surface area contributed by atoms with Gasteiger partial charge in [-0.05, 0) is 61.6 Å². The zero-order valence-corrected chi connectivity index (χ0v) is 17.4. The number of allylic oxidation sites excluding steroid dienone is 1. The number of rotatable bonds is 5. The van der Waals surface area contributed by atoms with Crippen LogP contribution in [-0.2, 0) is 21.4 Å². The highest BCUT2D eigenvalue weighted by Crippen LogP contribution is 2.42. The van der Waals surface area contributed by atoms with Gasteiger partial charge in [-0.25, -0.2) is 13.1 Å². The number of benzene rings is 2. The number of ether oxygens (including phenoxy) is 1. The van der Waals surface area contributed by atoms with Crippen LogP contribution in [0.15, 0.2) is 52.9 Å². The first-order chi connectivity index (χ1) is 13.9. The Morgan fingerprint density at radius 2 is 1.76 bits per heavy atom. The molecule has 2 aromatic carbocycles. The maximum absolute atomic E-state index is 12.9. The fourth-order valence-electron chi connectivity index (χ4n) is 3.97. The van der Waals surface area contributed by atoms with Gasteiger partial charge in [0.25, 0.3) is 5.91 Å². The number of carbonyl (C=O) groups excluding carboxylic acids is 1. The molecule has 0 radical (unpaired) electrons. The van der Waals surface area contributed by atoms with Crippen LogP contribution in [0, 0.1) is 0 Å². The lowest BCUT2D eigenvalue weighted by atomic mass is 10.00. The van der Waals surface area contributed by atoms with Crippen molar-refractivity contribution in [3.05, 3.63) is 59.2 Å². The summed E-state index contributed by atoms with van der Waals surface area (Å²) in [6, 6.07) is 12.1. The molecule has 1 aliphatic heterocycles. The van der Waals surface area contributed by atoms with Crippen molar-refractivity contribution >= 4 is 27.2 Å². The van der Waals surface area contributed by atoms with Crippen molar-refractivity contribution in [2.75, 3.05) is 19.1 Å². The van der Waals surface area contributed by atoms with Crippen molar-refractivity contribution in [3.63, 3.8) is 0 Å². The van der Waals surface area contributed by atoms with Gasteiger partial charge in [0.15, 0.2) is 0 Å². The highest BCUT2D eigenvalue weighted by molar-refractivity contribution is 7.89. The van der Waals surface area contributed by atoms with E-state index in [4.69, 9.17) is 4.74 Å². The molecule has 0 unspecified atom stereocenters. The van der Waals surface area contributed by atoms with Gasteiger partial charge in [0.05, 0.1) is 17.7 Å². The van der Waals surface area contributed by atoms with Crippen LogP contribution in [0.5, 0.6) is 5.75 Å². The van der Waals surface area contributed by atoms with Gasteiger partial charge < -0.3 is 9.64 Å². The average molecular weight is 413 g/mol. The van der Waals surface area contributed by atoms with Crippen LogP contribution in [0.25, 0.3) is 5.57 Å². The Balaban J connectivity index is 1.62. The van der Waals surface area contributed by atoms with E-state index in [1.807, 2.05) is 12.1 Å². The molecule has 2 aliphatic rings. The van der Waals surface area contributed by atoms with Crippen LogP contribution in [0.1, 0.15) is 36.8 Å². The summed E-state index contributed by atoms with van der Waals surface area (Å²) in [5, 5.41) is 0. The number of amides is 1. The fraction of sp³-hybridized carbons (Fsp3) is 0.318. The predicted octanol–water partition coefficient (Wildman–Crippen LogP) is 3.48. The maximum atomic E-state index is 12.9. The van der Waals surface area contributed by atoms with Crippen molar-refractivity contribution in [1.82, 2.24) is 4.72 Å². The third-order valence-electron chi connectivity index (χ3n) is 5.61. The zero-order valence-electron chi connectivity index (χ0n) is 16.6. The largest absolute Gasteiger partial charge is 0.497 e. The van der Waals surface area contributed by atoms with Gasteiger partial charge in [-0.1, -0.05) is 17.7 Å². The molecule has 2 aromatic rings. The van der Waals surface area contributed by atoms with Crippen LogP contribution in [0.4, 0.5) is 5.69 Å². The number of methoxy groups -OCH3 is 1. The molecule has 0 saturated heterocycles. The second kappa shape index (κ2) is 7.65.